The molecule has 4 aromatic heterocycles. The van der Waals surface area contributed by atoms with Gasteiger partial charge >= 0.3 is 0 Å². The molecule has 1 spiro atoms. The van der Waals surface area contributed by atoms with Crippen LogP contribution < -0.4 is 11.1 Å². The molecule has 0 unspecified atom stereocenters. The van der Waals surface area contributed by atoms with E-state index in [4.69, 9.17) is 5.73 Å². The quantitative estimate of drug-likeness (QED) is 0.437. The van der Waals surface area contributed by atoms with Gasteiger partial charge in [0.25, 0.3) is 6.43 Å². The molecule has 0 saturated heterocycles. The number of anilines is 2. The van der Waals surface area contributed by atoms with Gasteiger partial charge in [0.05, 0.1) is 12.2 Å². The molecule has 34 heavy (non-hydrogen) atoms. The van der Waals surface area contributed by atoms with Gasteiger partial charge < -0.3 is 15.6 Å². The number of fused-ring (bicyclic) bond motifs is 2. The zero-order valence-electron chi connectivity index (χ0n) is 19.1. The highest BCUT2D eigenvalue weighted by Gasteiger charge is 2.40. The second kappa shape index (κ2) is 7.89. The first-order chi connectivity index (χ1) is 16.4. The highest BCUT2D eigenvalue weighted by Crippen LogP contribution is 2.51. The average molecular weight is 467 g/mol. The molecule has 10 heteroatoms. The number of alkyl halides is 2. The molecule has 2 fully saturated rings. The Hall–Kier alpha value is -3.30. The lowest BCUT2D eigenvalue weighted by molar-refractivity contribution is 0.0729. The van der Waals surface area contributed by atoms with Gasteiger partial charge in [0.1, 0.15) is 16.9 Å². The van der Waals surface area contributed by atoms with E-state index in [1.165, 1.54) is 36.7 Å². The largest absolute Gasteiger partial charge is 0.382 e. The van der Waals surface area contributed by atoms with Crippen LogP contribution in [0.15, 0.2) is 24.4 Å². The van der Waals surface area contributed by atoms with Crippen LogP contribution in [0.5, 0.6) is 0 Å². The fraction of sp³-hybridized carbons (Fsp3) is 0.500. The molecule has 3 N–H and O–H groups in total. The Bertz CT molecular complexity index is 1360. The topological polar surface area (TPSA) is 98.9 Å². The minimum absolute atomic E-state index is 0.350. The van der Waals surface area contributed by atoms with Crippen molar-refractivity contribution in [2.45, 2.75) is 70.9 Å². The van der Waals surface area contributed by atoms with Crippen molar-refractivity contribution in [3.63, 3.8) is 0 Å². The van der Waals surface area contributed by atoms with E-state index in [9.17, 15) is 8.78 Å². The van der Waals surface area contributed by atoms with Crippen LogP contribution >= 0.6 is 0 Å². The second-order valence-electron chi connectivity index (χ2n) is 9.82. The number of pyridine rings is 1. The van der Waals surface area contributed by atoms with E-state index in [1.54, 1.807) is 17.5 Å². The molecular weight excluding hydrogens is 438 g/mol. The molecular formula is C24H28F2N8. The molecule has 2 saturated carbocycles. The summed E-state index contributed by atoms with van der Waals surface area (Å²) in [5.74, 6) is 1.38. The van der Waals surface area contributed by atoms with E-state index in [1.807, 2.05) is 18.3 Å². The summed E-state index contributed by atoms with van der Waals surface area (Å²) in [5.41, 5.74) is 9.99. The van der Waals surface area contributed by atoms with Gasteiger partial charge in [0.2, 0.25) is 5.95 Å². The van der Waals surface area contributed by atoms with Crippen molar-refractivity contribution in [2.24, 2.45) is 5.41 Å². The minimum atomic E-state index is -2.49. The highest BCUT2D eigenvalue weighted by molar-refractivity contribution is 5.88. The summed E-state index contributed by atoms with van der Waals surface area (Å²) in [6.45, 7) is 1.26. The van der Waals surface area contributed by atoms with E-state index in [0.29, 0.717) is 51.4 Å². The van der Waals surface area contributed by atoms with Crippen molar-refractivity contribution in [3.8, 4) is 11.3 Å². The summed E-state index contributed by atoms with van der Waals surface area (Å²) in [7, 11) is 0. The van der Waals surface area contributed by atoms with Gasteiger partial charge in [-0.3, -0.25) is 0 Å². The predicted molar refractivity (Wildman–Crippen MR) is 127 cm³/mol. The van der Waals surface area contributed by atoms with Gasteiger partial charge in [-0.2, -0.15) is 4.98 Å². The lowest BCUT2D eigenvalue weighted by Crippen LogP contribution is -2.38. The van der Waals surface area contributed by atoms with Gasteiger partial charge in [0.15, 0.2) is 11.5 Å². The first-order valence-electron chi connectivity index (χ1n) is 11.9. The Morgan fingerprint density at radius 2 is 1.91 bits per heavy atom. The number of imidazole rings is 1. The third-order valence-corrected chi connectivity index (χ3v) is 7.71. The molecule has 6 rings (SSSR count). The molecule has 4 heterocycles. The van der Waals surface area contributed by atoms with Gasteiger partial charge in [-0.15, -0.1) is 5.10 Å². The number of nitrogens with zero attached hydrogens (tertiary/aromatic N) is 6. The zero-order chi connectivity index (χ0) is 23.4. The Labute approximate surface area is 195 Å². The number of nitrogen functional groups attached to an aromatic ring is 1. The number of hydrogen-bond donors (Lipinski definition) is 2. The summed E-state index contributed by atoms with van der Waals surface area (Å²) in [6.07, 6.45) is 8.27. The van der Waals surface area contributed by atoms with E-state index >= 15 is 0 Å². The maximum atomic E-state index is 13.1. The Kier molecular flexibility index (Phi) is 4.93. The molecule has 0 aromatic carbocycles. The predicted octanol–water partition coefficient (Wildman–Crippen LogP) is 4.82. The monoisotopic (exact) mass is 466 g/mol. The van der Waals surface area contributed by atoms with Gasteiger partial charge in [-0.1, -0.05) is 6.42 Å². The number of nitrogens with two attached hydrogens (primary N) is 1. The lowest BCUT2D eigenvalue weighted by atomic mass is 9.60. The molecule has 0 radical (unpaired) electrons. The normalized spacial score (nSPS) is 18.2. The second-order valence-corrected chi connectivity index (χ2v) is 9.82. The summed E-state index contributed by atoms with van der Waals surface area (Å²) in [6, 6.07) is 5.85. The zero-order valence-corrected chi connectivity index (χ0v) is 19.1. The maximum absolute atomic E-state index is 13.1. The third kappa shape index (κ3) is 3.56. The Balaban J connectivity index is 1.29. The minimum Gasteiger partial charge on any atom is -0.382 e. The van der Waals surface area contributed by atoms with Crippen molar-refractivity contribution < 1.29 is 8.78 Å². The number of aryl methyl sites for hydroxylation is 1. The molecule has 0 aliphatic heterocycles. The van der Waals surface area contributed by atoms with Gasteiger partial charge in [-0.25, -0.2) is 23.3 Å². The highest BCUT2D eigenvalue weighted by atomic mass is 19.3. The summed E-state index contributed by atoms with van der Waals surface area (Å²) in [4.78, 5) is 13.5. The van der Waals surface area contributed by atoms with Crippen molar-refractivity contribution >= 4 is 28.4 Å². The first-order valence-corrected chi connectivity index (χ1v) is 11.9. The van der Waals surface area contributed by atoms with E-state index < -0.39 is 13.0 Å². The fourth-order valence-electron chi connectivity index (χ4n) is 5.68. The van der Waals surface area contributed by atoms with E-state index in [-0.39, 0.29) is 0 Å². The average Bonchev–Trinajstić information content (AvgIpc) is 3.34. The molecule has 4 aromatic rings. The van der Waals surface area contributed by atoms with Crippen LogP contribution in [0.1, 0.15) is 50.8 Å². The number of nitrogens with one attached hydrogen (secondary N) is 1. The molecule has 2 aliphatic rings. The van der Waals surface area contributed by atoms with Crippen molar-refractivity contribution in [1.29, 1.82) is 0 Å². The van der Waals surface area contributed by atoms with Crippen LogP contribution in [-0.4, -0.2) is 41.6 Å². The van der Waals surface area contributed by atoms with Crippen LogP contribution in [-0.2, 0) is 6.54 Å². The lowest BCUT2D eigenvalue weighted by Gasteiger charge is -2.47. The maximum Gasteiger partial charge on any atom is 0.256 e. The molecule has 0 bridgehead atoms. The number of rotatable bonds is 5. The third-order valence-electron chi connectivity index (χ3n) is 7.71. The standard InChI is InChI=1S/C24H28F2N8/c1-14-28-18-4-3-17(30-22(18)33(14)13-19(25)26)16-7-12-34-20(16)21(27)31-23(32-34)29-15-5-10-24(11-6-15)8-2-9-24/h3-4,7,12,15,19H,2,5-6,8-11,13H2,1H3,(H3,27,29,31,32). The Morgan fingerprint density at radius 1 is 1.12 bits per heavy atom. The van der Waals surface area contributed by atoms with Crippen LogP contribution in [0.3, 0.4) is 0 Å². The van der Waals surface area contributed by atoms with Crippen LogP contribution in [0.2, 0.25) is 0 Å². The first kappa shape index (κ1) is 21.2. The van der Waals surface area contributed by atoms with Crippen molar-refractivity contribution in [3.05, 3.63) is 30.2 Å². The molecule has 8 nitrogen and oxygen atoms in total. The summed E-state index contributed by atoms with van der Waals surface area (Å²) >= 11 is 0. The molecule has 0 atom stereocenters. The van der Waals surface area contributed by atoms with Gasteiger partial charge in [-0.05, 0) is 69.1 Å². The van der Waals surface area contributed by atoms with Crippen molar-refractivity contribution in [2.75, 3.05) is 11.1 Å². The van der Waals surface area contributed by atoms with Crippen LogP contribution in [0.25, 0.3) is 27.9 Å². The summed E-state index contributed by atoms with van der Waals surface area (Å²) in [5, 5.41) is 8.12. The van der Waals surface area contributed by atoms with E-state index in [0.717, 1.165) is 18.4 Å². The SMILES string of the molecule is Cc1nc2ccc(-c3ccn4nc(NC5CCC6(CCC6)CC5)nc(N)c34)nc2n1CC(F)F. The Morgan fingerprint density at radius 3 is 2.62 bits per heavy atom. The summed E-state index contributed by atoms with van der Waals surface area (Å²) < 4.78 is 29.3. The van der Waals surface area contributed by atoms with Gasteiger partial charge in [0, 0.05) is 17.8 Å². The fourth-order valence-corrected chi connectivity index (χ4v) is 5.68. The molecule has 0 amide bonds. The van der Waals surface area contributed by atoms with Crippen LogP contribution in [0.4, 0.5) is 20.5 Å². The van der Waals surface area contributed by atoms with Crippen molar-refractivity contribution in [1.82, 2.24) is 29.1 Å². The number of aromatic nitrogens is 6. The number of hydrogen-bond acceptors (Lipinski definition) is 6. The van der Waals surface area contributed by atoms with Crippen LogP contribution in [0, 0.1) is 12.3 Å². The van der Waals surface area contributed by atoms with E-state index in [2.05, 4.69) is 25.4 Å². The number of halogens is 2. The molecule has 178 valence electrons. The molecule has 2 aliphatic carbocycles. The smallest absolute Gasteiger partial charge is 0.256 e.